The molecule has 0 amide bonds. The van der Waals surface area contributed by atoms with Crippen LogP contribution in [0, 0.1) is 0 Å². The molecule has 4 unspecified atom stereocenters. The lowest BCUT2D eigenvalue weighted by Gasteiger charge is -2.50. The van der Waals surface area contributed by atoms with Crippen molar-refractivity contribution in [2.24, 2.45) is 0 Å². The van der Waals surface area contributed by atoms with Gasteiger partial charge in [-0.2, -0.15) is 0 Å². The lowest BCUT2D eigenvalue weighted by molar-refractivity contribution is -0.965. The van der Waals surface area contributed by atoms with Gasteiger partial charge in [0.15, 0.2) is 0 Å². The fraction of sp³-hybridized carbons (Fsp3) is 0.448. The van der Waals surface area contributed by atoms with Gasteiger partial charge in [0, 0.05) is 35.9 Å². The molecule has 0 aromatic heterocycles. The number of alkyl halides is 2. The Morgan fingerprint density at radius 2 is 1.48 bits per heavy atom. The Hall–Kier alpha value is -1.20. The van der Waals surface area contributed by atoms with E-state index >= 15 is 0 Å². The summed E-state index contributed by atoms with van der Waals surface area (Å²) in [5.74, 6) is 0. The summed E-state index contributed by atoms with van der Waals surface area (Å²) < 4.78 is 1.18. The van der Waals surface area contributed by atoms with Crippen LogP contribution < -0.4 is 0 Å². The molecule has 2 aliphatic rings. The second kappa shape index (κ2) is 11.5. The van der Waals surface area contributed by atoms with Crippen molar-refractivity contribution in [3.05, 3.63) is 95.6 Å². The van der Waals surface area contributed by atoms with E-state index in [1.54, 1.807) is 0 Å². The number of benzene rings is 2. The summed E-state index contributed by atoms with van der Waals surface area (Å²) in [5.41, 5.74) is 4.42. The largest absolute Gasteiger partial charge is 0.315 e. The van der Waals surface area contributed by atoms with Crippen LogP contribution in [0.4, 0.5) is 0 Å². The van der Waals surface area contributed by atoms with Gasteiger partial charge in [-0.3, -0.25) is 4.90 Å². The zero-order valence-corrected chi connectivity index (χ0v) is 23.1. The van der Waals surface area contributed by atoms with Crippen molar-refractivity contribution in [3.63, 3.8) is 0 Å². The van der Waals surface area contributed by atoms with Crippen LogP contribution in [0.1, 0.15) is 31.4 Å². The second-order valence-corrected chi connectivity index (χ2v) is 12.0. The summed E-state index contributed by atoms with van der Waals surface area (Å²) in [7, 11) is 0. The van der Waals surface area contributed by atoms with Crippen LogP contribution >= 0.6 is 31.9 Å². The van der Waals surface area contributed by atoms with E-state index in [1.165, 1.54) is 47.4 Å². The molecule has 0 radical (unpaired) electrons. The third-order valence-electron chi connectivity index (χ3n) is 7.71. The van der Waals surface area contributed by atoms with E-state index in [0.29, 0.717) is 21.7 Å². The predicted octanol–water partition coefficient (Wildman–Crippen LogP) is 6.75. The SMILES string of the molecule is CC(CC1=CC=CC(Br)C1Br)N1CC[N+](Cc2ccccc2)(C(C)Cc2ccccc2)CC1. The zero-order valence-electron chi connectivity index (χ0n) is 19.9. The van der Waals surface area contributed by atoms with Crippen molar-refractivity contribution in [1.82, 2.24) is 4.90 Å². The van der Waals surface area contributed by atoms with Crippen molar-refractivity contribution in [1.29, 1.82) is 0 Å². The maximum atomic E-state index is 3.89. The van der Waals surface area contributed by atoms with Gasteiger partial charge < -0.3 is 4.48 Å². The molecule has 1 saturated heterocycles. The van der Waals surface area contributed by atoms with Gasteiger partial charge in [-0.05, 0) is 25.8 Å². The summed E-state index contributed by atoms with van der Waals surface area (Å²) in [5, 5.41) is 0. The van der Waals surface area contributed by atoms with E-state index < -0.39 is 0 Å². The first-order valence-corrected chi connectivity index (χ1v) is 14.1. The second-order valence-electron chi connectivity index (χ2n) is 9.91. The van der Waals surface area contributed by atoms with Crippen molar-refractivity contribution >= 4 is 31.9 Å². The van der Waals surface area contributed by atoms with E-state index in [9.17, 15) is 0 Å². The molecule has 1 heterocycles. The van der Waals surface area contributed by atoms with Gasteiger partial charge in [-0.15, -0.1) is 0 Å². The predicted molar refractivity (Wildman–Crippen MR) is 148 cm³/mol. The molecular formula is C29H37Br2N2+. The highest BCUT2D eigenvalue weighted by molar-refractivity contribution is 9.12. The van der Waals surface area contributed by atoms with Crippen LogP contribution in [0.2, 0.25) is 0 Å². The van der Waals surface area contributed by atoms with Crippen molar-refractivity contribution in [2.45, 2.75) is 55.0 Å². The average molecular weight is 573 g/mol. The number of rotatable bonds is 8. The monoisotopic (exact) mass is 571 g/mol. The summed E-state index contributed by atoms with van der Waals surface area (Å²) in [6, 6.07) is 23.3. The molecule has 4 rings (SSSR count). The van der Waals surface area contributed by atoms with Gasteiger partial charge in [0.05, 0.1) is 24.0 Å². The molecular weight excluding hydrogens is 536 g/mol. The Morgan fingerprint density at radius 1 is 0.879 bits per heavy atom. The minimum absolute atomic E-state index is 0.389. The number of nitrogens with zero attached hydrogens (tertiary/aromatic N) is 2. The smallest absolute Gasteiger partial charge is 0.105 e. The topological polar surface area (TPSA) is 3.24 Å². The van der Waals surface area contributed by atoms with Gasteiger partial charge in [0.25, 0.3) is 0 Å². The van der Waals surface area contributed by atoms with Crippen molar-refractivity contribution < 1.29 is 4.48 Å². The van der Waals surface area contributed by atoms with E-state index in [-0.39, 0.29) is 0 Å². The number of piperazine rings is 1. The van der Waals surface area contributed by atoms with Crippen LogP contribution in [0.25, 0.3) is 0 Å². The fourth-order valence-corrected chi connectivity index (χ4v) is 6.53. The lowest BCUT2D eigenvalue weighted by atomic mass is 9.96. The molecule has 1 fully saturated rings. The molecule has 176 valence electrons. The minimum atomic E-state index is 0.389. The van der Waals surface area contributed by atoms with Crippen LogP contribution in [0.3, 0.4) is 0 Å². The standard InChI is InChI=1S/C29H37Br2N2/c1-23(20-27-14-9-15-28(30)29(27)31)32-16-18-33(19-17-32,22-26-12-7-4-8-13-26)24(2)21-25-10-5-3-6-11-25/h3-15,23-24,28-29H,16-22H2,1-2H3/q+1. The summed E-state index contributed by atoms with van der Waals surface area (Å²) in [6.45, 7) is 10.8. The molecule has 4 atom stereocenters. The Morgan fingerprint density at radius 3 is 2.12 bits per heavy atom. The molecule has 1 aliphatic heterocycles. The third-order valence-corrected chi connectivity index (χ3v) is 10.4. The highest BCUT2D eigenvalue weighted by Gasteiger charge is 2.39. The molecule has 4 heteroatoms. The number of quaternary nitrogens is 1. The van der Waals surface area contributed by atoms with Gasteiger partial charge >= 0.3 is 0 Å². The molecule has 2 nitrogen and oxygen atoms in total. The highest BCUT2D eigenvalue weighted by Crippen LogP contribution is 2.32. The Kier molecular flexibility index (Phi) is 8.67. The Labute approximate surface area is 217 Å². The summed E-state index contributed by atoms with van der Waals surface area (Å²) >= 11 is 7.67. The summed E-state index contributed by atoms with van der Waals surface area (Å²) in [6.07, 6.45) is 8.98. The first kappa shape index (κ1) is 24.9. The molecule has 0 bridgehead atoms. The van der Waals surface area contributed by atoms with Crippen molar-refractivity contribution in [3.8, 4) is 0 Å². The fourth-order valence-electron chi connectivity index (χ4n) is 5.50. The van der Waals surface area contributed by atoms with E-state index in [2.05, 4.69) is 129 Å². The van der Waals surface area contributed by atoms with Gasteiger partial charge in [0.2, 0.25) is 0 Å². The first-order chi connectivity index (χ1) is 16.0. The van der Waals surface area contributed by atoms with Crippen LogP contribution in [0.15, 0.2) is 84.5 Å². The van der Waals surface area contributed by atoms with Gasteiger partial charge in [-0.25, -0.2) is 0 Å². The average Bonchev–Trinajstić information content (AvgIpc) is 2.83. The Bertz CT molecular complexity index is 933. The van der Waals surface area contributed by atoms with E-state index in [1.807, 2.05) is 0 Å². The molecule has 0 N–H and O–H groups in total. The van der Waals surface area contributed by atoms with Gasteiger partial charge in [-0.1, -0.05) is 116 Å². The van der Waals surface area contributed by atoms with Gasteiger partial charge in [0.1, 0.15) is 6.54 Å². The molecule has 0 spiro atoms. The van der Waals surface area contributed by atoms with Crippen LogP contribution in [0.5, 0.6) is 0 Å². The van der Waals surface area contributed by atoms with E-state index in [4.69, 9.17) is 0 Å². The number of halogens is 2. The minimum Gasteiger partial charge on any atom is -0.315 e. The molecule has 1 aliphatic carbocycles. The zero-order chi connectivity index (χ0) is 23.3. The Balaban J connectivity index is 1.45. The highest BCUT2D eigenvalue weighted by atomic mass is 79.9. The lowest BCUT2D eigenvalue weighted by Crippen LogP contribution is -2.64. The number of hydrogen-bond acceptors (Lipinski definition) is 1. The summed E-state index contributed by atoms with van der Waals surface area (Å²) in [4.78, 5) is 3.51. The third kappa shape index (κ3) is 6.28. The maximum absolute atomic E-state index is 3.89. The molecule has 0 saturated carbocycles. The van der Waals surface area contributed by atoms with E-state index in [0.717, 1.165) is 19.4 Å². The normalized spacial score (nSPS) is 24.8. The molecule has 33 heavy (non-hydrogen) atoms. The quantitative estimate of drug-likeness (QED) is 0.250. The number of hydrogen-bond donors (Lipinski definition) is 0. The number of allylic oxidation sites excluding steroid dienone is 3. The molecule has 2 aromatic carbocycles. The van der Waals surface area contributed by atoms with Crippen molar-refractivity contribution in [2.75, 3.05) is 26.2 Å². The van der Waals surface area contributed by atoms with Crippen LogP contribution in [-0.2, 0) is 13.0 Å². The maximum Gasteiger partial charge on any atom is 0.105 e. The molecule has 2 aromatic rings. The van der Waals surface area contributed by atoms with Crippen LogP contribution in [-0.4, -0.2) is 57.3 Å². The first-order valence-electron chi connectivity index (χ1n) is 12.3.